The van der Waals surface area contributed by atoms with Crippen LogP contribution in [0.2, 0.25) is 0 Å². The van der Waals surface area contributed by atoms with Crippen molar-refractivity contribution in [2.75, 3.05) is 33.4 Å². The van der Waals surface area contributed by atoms with Gasteiger partial charge in [0.1, 0.15) is 5.54 Å². The third-order valence-corrected chi connectivity index (χ3v) is 6.93. The fourth-order valence-electron chi connectivity index (χ4n) is 5.16. The number of carbonyl (C=O) groups is 3. The molecule has 162 valence electrons. The second-order valence-electron chi connectivity index (χ2n) is 8.64. The van der Waals surface area contributed by atoms with Crippen LogP contribution in [0.1, 0.15) is 44.1 Å². The molecule has 4 amide bonds. The Labute approximate surface area is 177 Å². The summed E-state index contributed by atoms with van der Waals surface area (Å²) in [7, 11) is 1.57. The topological polar surface area (TPSA) is 70.2 Å². The lowest BCUT2D eigenvalue weighted by Crippen LogP contribution is -2.57. The first-order valence-corrected chi connectivity index (χ1v) is 11.0. The lowest BCUT2D eigenvalue weighted by Gasteiger charge is -2.42. The maximum Gasteiger partial charge on any atom is 0.328 e. The molecule has 30 heavy (non-hydrogen) atoms. The Kier molecular flexibility index (Phi) is 6.09. The van der Waals surface area contributed by atoms with Crippen molar-refractivity contribution < 1.29 is 19.1 Å². The summed E-state index contributed by atoms with van der Waals surface area (Å²) in [6.07, 6.45) is 5.19. The first kappa shape index (κ1) is 20.8. The molecule has 4 rings (SSSR count). The van der Waals surface area contributed by atoms with Gasteiger partial charge >= 0.3 is 6.03 Å². The lowest BCUT2D eigenvalue weighted by atomic mass is 9.85. The number of imide groups is 1. The monoisotopic (exact) mass is 413 g/mol. The molecule has 7 heteroatoms. The summed E-state index contributed by atoms with van der Waals surface area (Å²) in [5.74, 6) is 0.219. The summed E-state index contributed by atoms with van der Waals surface area (Å²) in [6, 6.07) is 9.51. The highest BCUT2D eigenvalue weighted by atomic mass is 16.5. The van der Waals surface area contributed by atoms with Crippen molar-refractivity contribution in [1.82, 2.24) is 14.7 Å². The van der Waals surface area contributed by atoms with Gasteiger partial charge in [0, 0.05) is 32.7 Å². The molecule has 0 atom stereocenters. The Morgan fingerprint density at radius 2 is 1.77 bits per heavy atom. The highest BCUT2D eigenvalue weighted by Crippen LogP contribution is 2.39. The van der Waals surface area contributed by atoms with Crippen molar-refractivity contribution in [3.63, 3.8) is 0 Å². The lowest BCUT2D eigenvalue weighted by molar-refractivity contribution is -0.143. The minimum absolute atomic E-state index is 0.138. The van der Waals surface area contributed by atoms with E-state index in [4.69, 9.17) is 4.74 Å². The number of piperidine rings is 1. The van der Waals surface area contributed by atoms with Gasteiger partial charge in [-0.1, -0.05) is 43.2 Å². The SMILES string of the molecule is COCCN1C(=O)N(Cc2ccccc2)C2(CCN(C(=O)C3CCCC3)CC2)C1=O. The Hall–Kier alpha value is -2.41. The molecule has 1 aromatic carbocycles. The molecule has 3 fully saturated rings. The molecule has 3 aliphatic rings. The molecule has 0 unspecified atom stereocenters. The van der Waals surface area contributed by atoms with Crippen molar-refractivity contribution in [2.45, 2.75) is 50.6 Å². The average Bonchev–Trinajstić information content (AvgIpc) is 3.37. The van der Waals surface area contributed by atoms with Crippen molar-refractivity contribution in [2.24, 2.45) is 5.92 Å². The molecule has 0 bridgehead atoms. The predicted molar refractivity (Wildman–Crippen MR) is 111 cm³/mol. The van der Waals surface area contributed by atoms with Crippen LogP contribution in [0.3, 0.4) is 0 Å². The third kappa shape index (κ3) is 3.71. The second kappa shape index (κ2) is 8.76. The summed E-state index contributed by atoms with van der Waals surface area (Å²) in [5, 5.41) is 0. The quantitative estimate of drug-likeness (QED) is 0.673. The molecular weight excluding hydrogens is 382 g/mol. The number of carbonyl (C=O) groups excluding carboxylic acids is 3. The number of ether oxygens (including phenoxy) is 1. The van der Waals surface area contributed by atoms with E-state index in [1.165, 1.54) is 4.90 Å². The van der Waals surface area contributed by atoms with Crippen molar-refractivity contribution in [3.05, 3.63) is 35.9 Å². The summed E-state index contributed by atoms with van der Waals surface area (Å²) < 4.78 is 5.12. The fraction of sp³-hybridized carbons (Fsp3) is 0.609. The average molecular weight is 414 g/mol. The summed E-state index contributed by atoms with van der Waals surface area (Å²) in [6.45, 7) is 2.02. The van der Waals surface area contributed by atoms with Crippen LogP contribution in [0.15, 0.2) is 30.3 Å². The Balaban J connectivity index is 1.54. The van der Waals surface area contributed by atoms with E-state index < -0.39 is 5.54 Å². The normalized spacial score (nSPS) is 21.8. The number of hydrogen-bond acceptors (Lipinski definition) is 4. The van der Waals surface area contributed by atoms with E-state index in [1.807, 2.05) is 35.2 Å². The molecule has 2 saturated heterocycles. The molecule has 1 spiro atoms. The fourth-order valence-corrected chi connectivity index (χ4v) is 5.16. The molecule has 1 saturated carbocycles. The van der Waals surface area contributed by atoms with Crippen LogP contribution in [0.5, 0.6) is 0 Å². The molecule has 0 aromatic heterocycles. The number of likely N-dealkylation sites (tertiary alicyclic amines) is 1. The first-order chi connectivity index (χ1) is 14.6. The van der Waals surface area contributed by atoms with E-state index in [1.54, 1.807) is 12.0 Å². The van der Waals surface area contributed by atoms with E-state index in [0.717, 1.165) is 31.2 Å². The minimum Gasteiger partial charge on any atom is -0.383 e. The molecule has 0 radical (unpaired) electrons. The number of rotatable bonds is 6. The van der Waals surface area contributed by atoms with Gasteiger partial charge in [0.25, 0.3) is 5.91 Å². The zero-order valence-corrected chi connectivity index (χ0v) is 17.7. The number of methoxy groups -OCH3 is 1. The van der Waals surface area contributed by atoms with Gasteiger partial charge in [0.05, 0.1) is 13.2 Å². The zero-order chi connectivity index (χ0) is 21.1. The molecule has 2 aliphatic heterocycles. The number of urea groups is 1. The maximum absolute atomic E-state index is 13.4. The number of nitrogens with zero attached hydrogens (tertiary/aromatic N) is 3. The standard InChI is InChI=1S/C23H31N3O4/c1-30-16-15-25-21(28)23(26(22(25)29)17-18-7-3-2-4-8-18)11-13-24(14-12-23)20(27)19-9-5-6-10-19/h2-4,7-8,19H,5-6,9-17H2,1H3. The van der Waals surface area contributed by atoms with Crippen LogP contribution in [0, 0.1) is 5.92 Å². The number of benzene rings is 1. The van der Waals surface area contributed by atoms with Gasteiger partial charge in [-0.05, 0) is 31.2 Å². The minimum atomic E-state index is -0.868. The smallest absolute Gasteiger partial charge is 0.328 e. The van der Waals surface area contributed by atoms with Gasteiger partial charge in [0.15, 0.2) is 0 Å². The Morgan fingerprint density at radius 1 is 1.10 bits per heavy atom. The van der Waals surface area contributed by atoms with E-state index >= 15 is 0 Å². The predicted octanol–water partition coefficient (Wildman–Crippen LogP) is 2.65. The van der Waals surface area contributed by atoms with Gasteiger partial charge in [0.2, 0.25) is 5.91 Å². The second-order valence-corrected chi connectivity index (χ2v) is 8.64. The summed E-state index contributed by atoms with van der Waals surface area (Å²) in [5.41, 5.74) is 0.128. The maximum atomic E-state index is 13.4. The van der Waals surface area contributed by atoms with Gasteiger partial charge < -0.3 is 14.5 Å². The van der Waals surface area contributed by atoms with E-state index in [2.05, 4.69) is 0 Å². The molecule has 7 nitrogen and oxygen atoms in total. The molecular formula is C23H31N3O4. The van der Waals surface area contributed by atoms with E-state index in [0.29, 0.717) is 39.1 Å². The largest absolute Gasteiger partial charge is 0.383 e. The first-order valence-electron chi connectivity index (χ1n) is 11.0. The van der Waals surface area contributed by atoms with Gasteiger partial charge in [-0.25, -0.2) is 4.79 Å². The number of amides is 4. The van der Waals surface area contributed by atoms with Crippen molar-refractivity contribution in [1.29, 1.82) is 0 Å². The van der Waals surface area contributed by atoms with Crippen LogP contribution < -0.4 is 0 Å². The zero-order valence-electron chi connectivity index (χ0n) is 17.7. The Morgan fingerprint density at radius 3 is 2.40 bits per heavy atom. The van der Waals surface area contributed by atoms with E-state index in [9.17, 15) is 14.4 Å². The third-order valence-electron chi connectivity index (χ3n) is 6.93. The van der Waals surface area contributed by atoms with Crippen LogP contribution in [0.4, 0.5) is 4.79 Å². The van der Waals surface area contributed by atoms with Gasteiger partial charge in [-0.15, -0.1) is 0 Å². The highest BCUT2D eigenvalue weighted by molar-refractivity contribution is 6.07. The molecule has 2 heterocycles. The van der Waals surface area contributed by atoms with Gasteiger partial charge in [-0.3, -0.25) is 14.5 Å². The van der Waals surface area contributed by atoms with Crippen LogP contribution in [0.25, 0.3) is 0 Å². The summed E-state index contributed by atoms with van der Waals surface area (Å²) in [4.78, 5) is 44.5. The van der Waals surface area contributed by atoms with Crippen LogP contribution >= 0.6 is 0 Å². The highest BCUT2D eigenvalue weighted by Gasteiger charge is 2.58. The van der Waals surface area contributed by atoms with E-state index in [-0.39, 0.29) is 30.3 Å². The summed E-state index contributed by atoms with van der Waals surface area (Å²) >= 11 is 0. The van der Waals surface area contributed by atoms with Crippen LogP contribution in [-0.2, 0) is 20.9 Å². The van der Waals surface area contributed by atoms with Crippen molar-refractivity contribution >= 4 is 17.8 Å². The molecule has 0 N–H and O–H groups in total. The van der Waals surface area contributed by atoms with Crippen molar-refractivity contribution in [3.8, 4) is 0 Å². The molecule has 1 aromatic rings. The van der Waals surface area contributed by atoms with Crippen LogP contribution in [-0.4, -0.2) is 71.4 Å². The Bertz CT molecular complexity index is 783. The number of hydrogen-bond donors (Lipinski definition) is 0. The van der Waals surface area contributed by atoms with Gasteiger partial charge in [-0.2, -0.15) is 0 Å². The molecule has 1 aliphatic carbocycles.